The fourth-order valence-electron chi connectivity index (χ4n) is 12.8. The lowest BCUT2D eigenvalue weighted by Gasteiger charge is -2.31. The summed E-state index contributed by atoms with van der Waals surface area (Å²) < 4.78 is 0. The number of nitrogens with zero attached hydrogens (tertiary/aromatic N) is 12. The molecule has 14 aromatic rings. The Labute approximate surface area is 627 Å². The summed E-state index contributed by atoms with van der Waals surface area (Å²) in [6.07, 6.45) is 12.8. The summed E-state index contributed by atoms with van der Waals surface area (Å²) >= 11 is 44.0. The molecule has 23 heteroatoms. The molecule has 7 heterocycles. The van der Waals surface area contributed by atoms with Crippen molar-refractivity contribution in [3.05, 3.63) is 248 Å². The molecular formula is C79H73Cl7N16. The predicted octanol–water partition coefficient (Wildman–Crippen LogP) is 19.2. The lowest BCUT2D eigenvalue weighted by Crippen LogP contribution is -2.40. The van der Waals surface area contributed by atoms with Crippen molar-refractivity contribution < 1.29 is 0 Å². The normalized spacial score (nSPS) is 11.5. The molecule has 0 fully saturated rings. The van der Waals surface area contributed by atoms with E-state index in [0.717, 1.165) is 195 Å². The number of hydrogen-bond donors (Lipinski definition) is 4. The fourth-order valence-corrected chi connectivity index (χ4v) is 13.9. The molecule has 0 radical (unpaired) electrons. The summed E-state index contributed by atoms with van der Waals surface area (Å²) in [5.41, 5.74) is 13.6. The molecule has 518 valence electrons. The number of rotatable bonds is 28. The Morgan fingerprint density at radius 3 is 0.696 bits per heavy atom. The van der Waals surface area contributed by atoms with Crippen LogP contribution in [0.25, 0.3) is 76.3 Å². The van der Waals surface area contributed by atoms with E-state index in [2.05, 4.69) is 131 Å². The first-order chi connectivity index (χ1) is 49.7. The monoisotopic (exact) mass is 1490 g/mol. The number of nitrogens with one attached hydrogen (secondary N) is 4. The molecule has 0 aliphatic heterocycles. The number of anilines is 7. The minimum absolute atomic E-state index is 0.665. The van der Waals surface area contributed by atoms with Gasteiger partial charge in [-0.2, -0.15) is 0 Å². The van der Waals surface area contributed by atoms with Gasteiger partial charge >= 0.3 is 0 Å². The zero-order chi connectivity index (χ0) is 70.5. The largest absolute Gasteiger partial charge is 0.383 e. The van der Waals surface area contributed by atoms with Crippen LogP contribution >= 0.6 is 81.2 Å². The topological polar surface area (TPSA) is 155 Å². The highest BCUT2D eigenvalue weighted by molar-refractivity contribution is 6.33. The molecule has 0 saturated carbocycles. The Balaban J connectivity index is 0.000000189. The van der Waals surface area contributed by atoms with E-state index in [1.807, 2.05) is 177 Å². The second-order valence-electron chi connectivity index (χ2n) is 24.8. The molecule has 0 spiro atoms. The van der Waals surface area contributed by atoms with E-state index in [0.29, 0.717) is 48.2 Å². The predicted molar refractivity (Wildman–Crippen MR) is 433 cm³/mol. The van der Waals surface area contributed by atoms with E-state index >= 15 is 0 Å². The fraction of sp³-hybridized carbons (Fsp3) is 0.203. The standard InChI is InChI=1S/C45H41Cl4N9.C34H32Cl3N7/c1-56(22-24-57(44-12-16-52-42-28-32(48)4-8-36(42)44)20-18-54-38-10-14-50-40-26-30(46)2-6-34(38)40)23-25-58(45-13-17-53-43-29-33(49)5-9-37(43)45)21-19-55-39-11-15-51-41-27-31(47)3-7-35(39)41;1-43(16-14-41-29-8-11-38-31-20-23(35)2-5-26(29)31)18-19-44(34-10-13-40-33-22-25(37)4-7-28(33)34)17-15-42-30-9-12-39-32-21-24(36)3-6-27(30)32/h2-17,26-29H,18-25H2,1H3,(H,50,54)(H,51,55);2-13,20-22H,14-19H2,1H3,(H,38,41)(H,39,42). The maximum atomic E-state index is 6.39. The van der Waals surface area contributed by atoms with Gasteiger partial charge in [0.25, 0.3) is 0 Å². The highest BCUT2D eigenvalue weighted by Crippen LogP contribution is 2.34. The highest BCUT2D eigenvalue weighted by Gasteiger charge is 2.19. The van der Waals surface area contributed by atoms with Crippen LogP contribution in [0.3, 0.4) is 0 Å². The quantitative estimate of drug-likeness (QED) is 0.0367. The number of likely N-dealkylation sites (N-methyl/N-ethyl adjacent to an activating group) is 2. The van der Waals surface area contributed by atoms with Gasteiger partial charge in [-0.25, -0.2) is 0 Å². The van der Waals surface area contributed by atoms with Crippen molar-refractivity contribution in [2.24, 2.45) is 0 Å². The van der Waals surface area contributed by atoms with E-state index in [4.69, 9.17) is 81.2 Å². The SMILES string of the molecule is CN(CCN(CCNc1ccnc2cc(Cl)ccc12)c1ccnc2cc(Cl)ccc12)CCN(CCNc1ccnc2cc(Cl)ccc12)c1ccnc2cc(Cl)ccc12.CN(CCNc1ccnc2cc(Cl)ccc12)CCN(CCNc1ccnc2cc(Cl)ccc12)c1ccnc2cc(Cl)ccc12. The molecule has 7 aromatic carbocycles. The molecule has 0 atom stereocenters. The van der Waals surface area contributed by atoms with Crippen molar-refractivity contribution >= 4 is 197 Å². The number of fused-ring (bicyclic) bond motifs is 7. The smallest absolute Gasteiger partial charge is 0.0737 e. The van der Waals surface area contributed by atoms with Crippen molar-refractivity contribution in [1.82, 2.24) is 44.7 Å². The molecule has 0 aliphatic rings. The Hall–Kier alpha value is -9.04. The summed E-state index contributed by atoms with van der Waals surface area (Å²) in [5.74, 6) is 0. The molecule has 0 amide bonds. The molecule has 0 unspecified atom stereocenters. The maximum Gasteiger partial charge on any atom is 0.0737 e. The van der Waals surface area contributed by atoms with Crippen LogP contribution in [0.15, 0.2) is 213 Å². The summed E-state index contributed by atoms with van der Waals surface area (Å²) in [4.78, 5) is 43.8. The third kappa shape index (κ3) is 17.9. The van der Waals surface area contributed by atoms with Crippen molar-refractivity contribution in [3.8, 4) is 0 Å². The minimum atomic E-state index is 0.665. The van der Waals surface area contributed by atoms with Crippen LogP contribution in [-0.2, 0) is 0 Å². The van der Waals surface area contributed by atoms with Crippen LogP contribution in [0.5, 0.6) is 0 Å². The maximum absolute atomic E-state index is 6.39. The zero-order valence-corrected chi connectivity index (χ0v) is 61.4. The Morgan fingerprint density at radius 1 is 0.235 bits per heavy atom. The van der Waals surface area contributed by atoms with E-state index in [9.17, 15) is 0 Å². The average molecular weight is 1490 g/mol. The number of pyridine rings is 7. The third-order valence-electron chi connectivity index (χ3n) is 18.0. The van der Waals surface area contributed by atoms with Crippen molar-refractivity contribution in [2.45, 2.75) is 0 Å². The number of aromatic nitrogens is 7. The molecule has 7 aromatic heterocycles. The molecule has 16 nitrogen and oxygen atoms in total. The lowest BCUT2D eigenvalue weighted by atomic mass is 10.1. The van der Waals surface area contributed by atoms with Gasteiger partial charge in [0.05, 0.1) is 38.6 Å². The van der Waals surface area contributed by atoms with Crippen LogP contribution in [0.4, 0.5) is 39.8 Å². The van der Waals surface area contributed by atoms with Gasteiger partial charge in [-0.3, -0.25) is 34.9 Å². The first kappa shape index (κ1) is 71.4. The number of hydrogen-bond acceptors (Lipinski definition) is 16. The summed E-state index contributed by atoms with van der Waals surface area (Å²) in [6, 6.07) is 55.2. The second kappa shape index (κ2) is 33.8. The average Bonchev–Trinajstić information content (AvgIpc) is 0.844. The van der Waals surface area contributed by atoms with Crippen LogP contribution in [-0.4, -0.2) is 150 Å². The summed E-state index contributed by atoms with van der Waals surface area (Å²) in [5, 5.41) is 26.6. The third-order valence-corrected chi connectivity index (χ3v) is 19.7. The number of halogens is 7. The summed E-state index contributed by atoms with van der Waals surface area (Å²) in [6.45, 7) is 11.1. The lowest BCUT2D eigenvalue weighted by molar-refractivity contribution is 0.346. The molecule has 0 saturated heterocycles. The van der Waals surface area contributed by atoms with E-state index in [1.54, 1.807) is 0 Å². The van der Waals surface area contributed by atoms with Crippen molar-refractivity contribution in [1.29, 1.82) is 0 Å². The molecular weight excluding hydrogens is 1420 g/mol. The van der Waals surface area contributed by atoms with Crippen LogP contribution < -0.4 is 36.0 Å². The van der Waals surface area contributed by atoms with Crippen molar-refractivity contribution in [2.75, 3.05) is 142 Å². The summed E-state index contributed by atoms with van der Waals surface area (Å²) in [7, 11) is 4.34. The van der Waals surface area contributed by atoms with E-state index in [1.165, 1.54) is 0 Å². The van der Waals surface area contributed by atoms with Crippen LogP contribution in [0, 0.1) is 0 Å². The van der Waals surface area contributed by atoms with Gasteiger partial charge in [0.2, 0.25) is 0 Å². The Morgan fingerprint density at radius 2 is 0.441 bits per heavy atom. The highest BCUT2D eigenvalue weighted by atomic mass is 35.5. The van der Waals surface area contributed by atoms with Crippen LogP contribution in [0.2, 0.25) is 35.2 Å². The van der Waals surface area contributed by atoms with Gasteiger partial charge < -0.3 is 45.8 Å². The number of benzene rings is 7. The van der Waals surface area contributed by atoms with Gasteiger partial charge in [0.15, 0.2) is 0 Å². The van der Waals surface area contributed by atoms with E-state index < -0.39 is 0 Å². The molecule has 0 bridgehead atoms. The van der Waals surface area contributed by atoms with Gasteiger partial charge in [0.1, 0.15) is 0 Å². The van der Waals surface area contributed by atoms with Gasteiger partial charge in [-0.05, 0) is 184 Å². The minimum Gasteiger partial charge on any atom is -0.383 e. The van der Waals surface area contributed by atoms with Gasteiger partial charge in [-0.1, -0.05) is 81.2 Å². The molecule has 4 N–H and O–H groups in total. The molecule has 14 rings (SSSR count). The van der Waals surface area contributed by atoms with Gasteiger partial charge in [-0.15, -0.1) is 0 Å². The molecule has 102 heavy (non-hydrogen) atoms. The Bertz CT molecular complexity index is 5080. The first-order valence-corrected chi connectivity index (χ1v) is 36.3. The van der Waals surface area contributed by atoms with Crippen LogP contribution in [0.1, 0.15) is 0 Å². The van der Waals surface area contributed by atoms with Gasteiger partial charge in [0, 0.05) is 248 Å². The van der Waals surface area contributed by atoms with Crippen molar-refractivity contribution in [3.63, 3.8) is 0 Å². The Kier molecular flexibility index (Phi) is 23.7. The van der Waals surface area contributed by atoms with E-state index in [-0.39, 0.29) is 0 Å². The second-order valence-corrected chi connectivity index (χ2v) is 27.9. The first-order valence-electron chi connectivity index (χ1n) is 33.6. The molecule has 0 aliphatic carbocycles. The zero-order valence-electron chi connectivity index (χ0n) is 56.1.